The van der Waals surface area contributed by atoms with E-state index in [1.165, 1.54) is 6.07 Å². The number of alkyl halides is 10. The van der Waals surface area contributed by atoms with Crippen LogP contribution in [0.25, 0.3) is 0 Å². The maximum absolute atomic E-state index is 13.0. The van der Waals surface area contributed by atoms with Crippen LogP contribution in [0.4, 0.5) is 49.6 Å². The van der Waals surface area contributed by atoms with Gasteiger partial charge in [0.25, 0.3) is 5.69 Å². The molecule has 0 heterocycles. The van der Waals surface area contributed by atoms with E-state index in [9.17, 15) is 54.0 Å². The standard InChI is InChI=1S/C9H6F5NO2.C8H5F5/c1-5-4-6(15(16)17)2-3-7(5)8(10,11)9(12,13)14;9-7(10,8(11,12)13)6-4-2-1-3-5-6/h2-4H,1H3;1-5H. The van der Waals surface area contributed by atoms with Crippen LogP contribution in [0.15, 0.2) is 48.5 Å². The van der Waals surface area contributed by atoms with Gasteiger partial charge >= 0.3 is 24.2 Å². The van der Waals surface area contributed by atoms with Crippen LogP contribution in [-0.2, 0) is 11.8 Å². The first kappa shape index (κ1) is 25.2. The Morgan fingerprint density at radius 1 is 0.733 bits per heavy atom. The van der Waals surface area contributed by atoms with Crippen LogP contribution in [0.1, 0.15) is 16.7 Å². The highest BCUT2D eigenvalue weighted by Gasteiger charge is 2.59. The molecule has 0 saturated heterocycles. The van der Waals surface area contributed by atoms with Crippen molar-refractivity contribution in [1.82, 2.24) is 0 Å². The van der Waals surface area contributed by atoms with Gasteiger partial charge in [-0.1, -0.05) is 30.3 Å². The molecule has 0 fully saturated rings. The van der Waals surface area contributed by atoms with E-state index < -0.39 is 51.5 Å². The van der Waals surface area contributed by atoms with Gasteiger partial charge in [0.05, 0.1) is 4.92 Å². The molecule has 0 radical (unpaired) electrons. The van der Waals surface area contributed by atoms with Gasteiger partial charge < -0.3 is 0 Å². The number of nitro benzene ring substituents is 1. The molecule has 0 aromatic heterocycles. The molecule has 0 spiro atoms. The molecule has 0 atom stereocenters. The van der Waals surface area contributed by atoms with Crippen LogP contribution >= 0.6 is 0 Å². The third-order valence-corrected chi connectivity index (χ3v) is 3.61. The Morgan fingerprint density at radius 3 is 1.57 bits per heavy atom. The lowest BCUT2D eigenvalue weighted by Gasteiger charge is -2.21. The molecular weight excluding hydrogens is 440 g/mol. The topological polar surface area (TPSA) is 43.1 Å². The van der Waals surface area contributed by atoms with Gasteiger partial charge in [0.1, 0.15) is 0 Å². The summed E-state index contributed by atoms with van der Waals surface area (Å²) in [7, 11) is 0. The molecule has 166 valence electrons. The summed E-state index contributed by atoms with van der Waals surface area (Å²) in [6, 6.07) is 6.83. The number of rotatable bonds is 3. The fourth-order valence-electron chi connectivity index (χ4n) is 2.08. The first-order valence-corrected chi connectivity index (χ1v) is 7.63. The van der Waals surface area contributed by atoms with E-state index in [0.717, 1.165) is 31.2 Å². The highest BCUT2D eigenvalue weighted by Crippen LogP contribution is 2.45. The molecule has 2 aromatic carbocycles. The molecule has 0 aliphatic rings. The van der Waals surface area contributed by atoms with Gasteiger partial charge in [0.2, 0.25) is 0 Å². The minimum Gasteiger partial charge on any atom is -0.258 e. The Balaban J connectivity index is 0.000000311. The summed E-state index contributed by atoms with van der Waals surface area (Å²) in [5.74, 6) is -9.79. The Morgan fingerprint density at radius 2 is 1.20 bits per heavy atom. The zero-order valence-corrected chi connectivity index (χ0v) is 14.7. The normalized spacial score (nSPS) is 12.8. The zero-order valence-electron chi connectivity index (χ0n) is 14.7. The lowest BCUT2D eigenvalue weighted by molar-refractivity contribution is -0.385. The highest BCUT2D eigenvalue weighted by atomic mass is 19.4. The molecule has 0 bridgehead atoms. The van der Waals surface area contributed by atoms with E-state index in [0.29, 0.717) is 18.2 Å². The molecule has 0 aliphatic carbocycles. The molecule has 0 amide bonds. The van der Waals surface area contributed by atoms with Crippen LogP contribution < -0.4 is 0 Å². The summed E-state index contributed by atoms with van der Waals surface area (Å²) in [5.41, 5.74) is -3.34. The summed E-state index contributed by atoms with van der Waals surface area (Å²) in [6.45, 7) is 0.960. The average molecular weight is 451 g/mol. The maximum atomic E-state index is 13.0. The minimum absolute atomic E-state index is 0.418. The van der Waals surface area contributed by atoms with Gasteiger partial charge in [-0.2, -0.15) is 43.9 Å². The van der Waals surface area contributed by atoms with Crippen molar-refractivity contribution in [3.63, 3.8) is 0 Å². The van der Waals surface area contributed by atoms with Gasteiger partial charge in [-0.25, -0.2) is 0 Å². The van der Waals surface area contributed by atoms with Crippen LogP contribution in [0.2, 0.25) is 0 Å². The van der Waals surface area contributed by atoms with E-state index in [-0.39, 0.29) is 0 Å². The largest absolute Gasteiger partial charge is 0.458 e. The van der Waals surface area contributed by atoms with Crippen LogP contribution in [0, 0.1) is 17.0 Å². The summed E-state index contributed by atoms with van der Waals surface area (Å²) in [6.07, 6.45) is -11.3. The number of nitrogens with zero attached hydrogens (tertiary/aromatic N) is 1. The second-order valence-electron chi connectivity index (χ2n) is 5.77. The molecular formula is C17H11F10NO2. The maximum Gasteiger partial charge on any atom is 0.458 e. The Bertz CT molecular complexity index is 876. The van der Waals surface area contributed by atoms with E-state index >= 15 is 0 Å². The molecule has 0 saturated carbocycles. The van der Waals surface area contributed by atoms with Crippen molar-refractivity contribution in [2.75, 3.05) is 0 Å². The van der Waals surface area contributed by atoms with Crippen molar-refractivity contribution < 1.29 is 48.8 Å². The number of benzene rings is 2. The number of aryl methyl sites for hydroxylation is 1. The summed E-state index contributed by atoms with van der Waals surface area (Å²) in [5, 5.41) is 10.3. The van der Waals surface area contributed by atoms with Crippen molar-refractivity contribution in [1.29, 1.82) is 0 Å². The smallest absolute Gasteiger partial charge is 0.258 e. The quantitative estimate of drug-likeness (QED) is 0.290. The number of halogens is 10. The molecule has 2 aromatic rings. The lowest BCUT2D eigenvalue weighted by atomic mass is 10.0. The molecule has 13 heteroatoms. The number of hydrogen-bond acceptors (Lipinski definition) is 2. The highest BCUT2D eigenvalue weighted by molar-refractivity contribution is 5.41. The second-order valence-corrected chi connectivity index (χ2v) is 5.77. The van der Waals surface area contributed by atoms with Crippen LogP contribution in [0.5, 0.6) is 0 Å². The Kier molecular flexibility index (Phi) is 7.12. The van der Waals surface area contributed by atoms with E-state index in [1.807, 2.05) is 0 Å². The number of hydrogen-bond donors (Lipinski definition) is 0. The molecule has 30 heavy (non-hydrogen) atoms. The Labute approximate surface area is 162 Å². The first-order chi connectivity index (χ1) is 13.4. The third kappa shape index (κ3) is 5.39. The molecule has 0 N–H and O–H groups in total. The number of nitro groups is 1. The predicted octanol–water partition coefficient (Wildman–Crippen LogP) is 6.90. The van der Waals surface area contributed by atoms with Crippen molar-refractivity contribution in [2.45, 2.75) is 31.1 Å². The van der Waals surface area contributed by atoms with Crippen LogP contribution in [-0.4, -0.2) is 17.3 Å². The van der Waals surface area contributed by atoms with Gasteiger partial charge in [-0.15, -0.1) is 0 Å². The summed E-state index contributed by atoms with van der Waals surface area (Å²) < 4.78 is 123. The summed E-state index contributed by atoms with van der Waals surface area (Å²) in [4.78, 5) is 9.43. The molecule has 0 aliphatic heterocycles. The van der Waals surface area contributed by atoms with Crippen LogP contribution in [0.3, 0.4) is 0 Å². The van der Waals surface area contributed by atoms with Gasteiger partial charge in [0, 0.05) is 23.3 Å². The van der Waals surface area contributed by atoms with Crippen molar-refractivity contribution in [3.05, 3.63) is 75.3 Å². The second kappa shape index (κ2) is 8.48. The third-order valence-electron chi connectivity index (χ3n) is 3.61. The fraction of sp³-hybridized carbons (Fsp3) is 0.294. The van der Waals surface area contributed by atoms with Crippen molar-refractivity contribution in [3.8, 4) is 0 Å². The van der Waals surface area contributed by atoms with E-state index in [2.05, 4.69) is 0 Å². The minimum atomic E-state index is -5.73. The molecule has 0 unspecified atom stereocenters. The summed E-state index contributed by atoms with van der Waals surface area (Å²) >= 11 is 0. The lowest BCUT2D eigenvalue weighted by Crippen LogP contribution is -2.34. The van der Waals surface area contributed by atoms with Crippen molar-refractivity contribution >= 4 is 5.69 Å². The monoisotopic (exact) mass is 451 g/mol. The van der Waals surface area contributed by atoms with Gasteiger partial charge in [-0.05, 0) is 18.6 Å². The van der Waals surface area contributed by atoms with Gasteiger partial charge in [-0.3, -0.25) is 10.1 Å². The first-order valence-electron chi connectivity index (χ1n) is 7.63. The van der Waals surface area contributed by atoms with E-state index in [4.69, 9.17) is 0 Å². The SMILES string of the molecule is Cc1cc([N+](=O)[O-])ccc1C(F)(F)C(F)(F)F.FC(F)(F)C(F)(F)c1ccccc1. The molecule has 3 nitrogen and oxygen atoms in total. The average Bonchev–Trinajstić information content (AvgIpc) is 2.60. The van der Waals surface area contributed by atoms with Crippen molar-refractivity contribution in [2.24, 2.45) is 0 Å². The predicted molar refractivity (Wildman–Crippen MR) is 84.2 cm³/mol. The molecule has 2 rings (SSSR count). The fourth-order valence-corrected chi connectivity index (χ4v) is 2.08. The zero-order chi connectivity index (χ0) is 23.5. The number of non-ortho nitro benzene ring substituents is 1. The Hall–Kier alpha value is -2.86. The van der Waals surface area contributed by atoms with Gasteiger partial charge in [0.15, 0.2) is 0 Å². The van der Waals surface area contributed by atoms with E-state index in [1.54, 1.807) is 0 Å².